The maximum atomic E-state index is 14.9. The Balaban J connectivity index is 1.63. The van der Waals surface area contributed by atoms with Crippen LogP contribution < -0.4 is 0 Å². The van der Waals surface area contributed by atoms with Gasteiger partial charge in [-0.25, -0.2) is 4.79 Å². The number of carbonyl (C=O) groups is 6. The Morgan fingerprint density at radius 1 is 0.864 bits per heavy atom. The maximum Gasteiger partial charge on any atom is 0.338 e. The highest BCUT2D eigenvalue weighted by atomic mass is 16.9. The number of rotatable bonds is 8. The first-order valence-electron chi connectivity index (χ1n) is 19.6. The molecule has 3 saturated heterocycles. The van der Waals surface area contributed by atoms with Gasteiger partial charge in [-0.3, -0.25) is 24.0 Å². The summed E-state index contributed by atoms with van der Waals surface area (Å²) < 4.78 is 63.5. The fourth-order valence-electron chi connectivity index (χ4n) is 13.6. The van der Waals surface area contributed by atoms with Gasteiger partial charge in [0.1, 0.15) is 23.6 Å². The highest BCUT2D eigenvalue weighted by molar-refractivity contribution is 5.92. The number of aliphatic hydroxyl groups excluding tert-OH is 1. The molecule has 15 atom stereocenters. The van der Waals surface area contributed by atoms with Crippen molar-refractivity contribution < 1.29 is 86.0 Å². The van der Waals surface area contributed by atoms with Crippen LogP contribution in [0.25, 0.3) is 0 Å². The molecule has 4 heterocycles. The zero-order chi connectivity index (χ0) is 43.4. The summed E-state index contributed by atoms with van der Waals surface area (Å²) in [5, 5.41) is 26.3. The number of hydrogen-bond donors (Lipinski definition) is 2. The fourth-order valence-corrected chi connectivity index (χ4v) is 13.6. The van der Waals surface area contributed by atoms with E-state index in [4.69, 9.17) is 47.0 Å². The topological polar surface area (TPSA) is 239 Å². The van der Waals surface area contributed by atoms with Gasteiger partial charge >= 0.3 is 35.8 Å². The predicted molar refractivity (Wildman–Crippen MR) is 192 cm³/mol. The van der Waals surface area contributed by atoms with E-state index in [1.807, 2.05) is 0 Å². The fraction of sp³-hybridized carbons (Fsp3) is 0.707. The van der Waals surface area contributed by atoms with Gasteiger partial charge in [0.05, 0.1) is 30.6 Å². The van der Waals surface area contributed by atoms with E-state index in [2.05, 4.69) is 0 Å². The van der Waals surface area contributed by atoms with E-state index >= 15 is 0 Å². The highest BCUT2D eigenvalue weighted by Crippen LogP contribution is 2.90. The molecule has 1 aromatic heterocycles. The van der Waals surface area contributed by atoms with E-state index in [0.29, 0.717) is 0 Å². The van der Waals surface area contributed by atoms with E-state index in [1.165, 1.54) is 32.6 Å². The van der Waals surface area contributed by atoms with Crippen LogP contribution in [0, 0.1) is 34.0 Å². The molecule has 0 aromatic carbocycles. The van der Waals surface area contributed by atoms with Gasteiger partial charge in [0.2, 0.25) is 0 Å². The minimum Gasteiger partial charge on any atom is -0.511 e. The standard InChI is InChI=1S/C41H50O18/c1-17(2)26(47)25-27-35(8,28(56-31(25)48)22-12-13-51-15-22)29(52-18(3)42)30(53-19(4)43)41-36(9)23(14-24(46)50-11)34(7)16-38(36)39(49,32(34)54-20(5)44)33(55-21(6)45)40(27,41)58-37(10,57-38)59-41/h12-13,15,17,23,27-30,32-33,47,49H,14,16H2,1-11H3/b26-25-/t23-,27+,28-,29-,30+,32-,33+,34+,35+,36+,37?,38?,39-,40+,41-/m0/s1. The third-order valence-corrected chi connectivity index (χ3v) is 14.9. The summed E-state index contributed by atoms with van der Waals surface area (Å²) in [5.74, 6) is -11.8. The van der Waals surface area contributed by atoms with E-state index in [0.717, 1.165) is 27.7 Å². The number of fused-ring (bicyclic) bond motifs is 3. The van der Waals surface area contributed by atoms with Gasteiger partial charge in [-0.2, -0.15) is 0 Å². The number of ether oxygens (including phenoxy) is 9. The summed E-state index contributed by atoms with van der Waals surface area (Å²) in [6, 6.07) is 1.50. The van der Waals surface area contributed by atoms with Crippen molar-refractivity contribution in [1.82, 2.24) is 0 Å². The second kappa shape index (κ2) is 12.3. The van der Waals surface area contributed by atoms with Crippen molar-refractivity contribution in [3.05, 3.63) is 35.5 Å². The molecule has 322 valence electrons. The second-order valence-corrected chi connectivity index (χ2v) is 18.2. The van der Waals surface area contributed by atoms with Gasteiger partial charge in [0, 0.05) is 69.3 Å². The van der Waals surface area contributed by atoms with Gasteiger partial charge in [-0.05, 0) is 18.4 Å². The highest BCUT2D eigenvalue weighted by Gasteiger charge is 3.06. The zero-order valence-electron chi connectivity index (χ0n) is 34.7. The third-order valence-electron chi connectivity index (χ3n) is 14.9. The van der Waals surface area contributed by atoms with Gasteiger partial charge in [-0.15, -0.1) is 0 Å². The van der Waals surface area contributed by atoms with Crippen LogP contribution in [-0.2, 0) is 71.4 Å². The number of esters is 6. The SMILES string of the molecule is COC(=O)C[C@H]1[C@@]2(C)CC34OC5(C)O[C@]6([C@@H]7/C(=C(/O)C(C)C)C(=O)O[C@@H](c8ccoc8)[C@]7(C)[C@@H](OC(C)=O)[C@@H](OC(C)=O)[C@]6(O5)[C@]13C)[C@H](OC(C)=O)[C@@]4(O)[C@H]2OC(C)=O. The zero-order valence-corrected chi connectivity index (χ0v) is 34.7. The Bertz CT molecular complexity index is 2090. The molecule has 2 unspecified atom stereocenters. The lowest BCUT2D eigenvalue weighted by Crippen LogP contribution is -2.97. The summed E-state index contributed by atoms with van der Waals surface area (Å²) in [6.45, 7) is 13.9. The molecule has 0 amide bonds. The maximum absolute atomic E-state index is 14.9. The number of methoxy groups -OCH3 is 1. The number of furan rings is 1. The molecule has 2 spiro atoms. The van der Waals surface area contributed by atoms with Gasteiger partial charge < -0.3 is 57.3 Å². The van der Waals surface area contributed by atoms with Crippen LogP contribution in [0.2, 0.25) is 0 Å². The van der Waals surface area contributed by atoms with Crippen molar-refractivity contribution in [3.63, 3.8) is 0 Å². The molecule has 8 rings (SSSR count). The number of carbonyl (C=O) groups excluding carboxylic acids is 6. The second-order valence-electron chi connectivity index (χ2n) is 18.2. The molecule has 4 bridgehead atoms. The minimum atomic E-state index is -2.62. The number of hydrogen-bond acceptors (Lipinski definition) is 18. The molecule has 1 aromatic rings. The smallest absolute Gasteiger partial charge is 0.338 e. The largest absolute Gasteiger partial charge is 0.511 e. The van der Waals surface area contributed by atoms with Crippen molar-refractivity contribution in [2.24, 2.45) is 34.0 Å². The van der Waals surface area contributed by atoms with E-state index in [-0.39, 0.29) is 12.0 Å². The van der Waals surface area contributed by atoms with Crippen molar-refractivity contribution in [2.45, 2.75) is 141 Å². The molecule has 2 N–H and O–H groups in total. The van der Waals surface area contributed by atoms with Crippen molar-refractivity contribution in [3.8, 4) is 0 Å². The van der Waals surface area contributed by atoms with Crippen molar-refractivity contribution >= 4 is 35.8 Å². The molecule has 7 aliphatic rings. The molecule has 0 radical (unpaired) electrons. The third kappa shape index (κ3) is 4.45. The molecule has 18 heteroatoms. The molecule has 3 aliphatic heterocycles. The van der Waals surface area contributed by atoms with Crippen molar-refractivity contribution in [1.29, 1.82) is 0 Å². The Morgan fingerprint density at radius 3 is 2.00 bits per heavy atom. The first-order valence-corrected chi connectivity index (χ1v) is 19.6. The normalized spacial score (nSPS) is 47.7. The summed E-state index contributed by atoms with van der Waals surface area (Å²) >= 11 is 0. The first kappa shape index (κ1) is 41.2. The van der Waals surface area contributed by atoms with Crippen molar-refractivity contribution in [2.75, 3.05) is 7.11 Å². The average Bonchev–Trinajstić information content (AvgIpc) is 3.83. The molecule has 59 heavy (non-hydrogen) atoms. The van der Waals surface area contributed by atoms with Gasteiger partial charge in [-0.1, -0.05) is 34.6 Å². The van der Waals surface area contributed by atoms with Crippen LogP contribution in [0.5, 0.6) is 0 Å². The van der Waals surface area contributed by atoms with Gasteiger partial charge in [0.25, 0.3) is 5.97 Å². The molecule has 4 saturated carbocycles. The minimum absolute atomic E-state index is 0.183. The first-order chi connectivity index (χ1) is 27.3. The number of cyclic esters (lactones) is 1. The molecule has 18 nitrogen and oxygen atoms in total. The molecule has 4 aliphatic carbocycles. The van der Waals surface area contributed by atoms with Crippen LogP contribution in [0.3, 0.4) is 0 Å². The lowest BCUT2D eigenvalue weighted by Gasteiger charge is -2.78. The molecule has 7 fully saturated rings. The Morgan fingerprint density at radius 2 is 1.46 bits per heavy atom. The Labute approximate surface area is 339 Å². The van der Waals surface area contributed by atoms with Gasteiger partial charge in [0.15, 0.2) is 35.1 Å². The summed E-state index contributed by atoms with van der Waals surface area (Å²) in [6.07, 6.45) is -6.64. The summed E-state index contributed by atoms with van der Waals surface area (Å²) in [4.78, 5) is 82.7. The number of allylic oxidation sites excluding steroid dienone is 1. The average molecular weight is 831 g/mol. The number of aliphatic hydroxyl groups is 2. The summed E-state index contributed by atoms with van der Waals surface area (Å²) in [5.41, 5.74) is -15.0. The Hall–Kier alpha value is -4.52. The monoisotopic (exact) mass is 830 g/mol. The van der Waals surface area contributed by atoms with Crippen LogP contribution in [-0.4, -0.2) is 106 Å². The predicted octanol–water partition coefficient (Wildman–Crippen LogP) is 3.03. The lowest BCUT2D eigenvalue weighted by molar-refractivity contribution is -0.490. The molecular formula is C41H50O18. The van der Waals surface area contributed by atoms with Crippen LogP contribution in [0.15, 0.2) is 34.3 Å². The molecular weight excluding hydrogens is 780 g/mol. The summed E-state index contributed by atoms with van der Waals surface area (Å²) in [7, 11) is 1.19. The van der Waals surface area contributed by atoms with Crippen LogP contribution >= 0.6 is 0 Å². The van der Waals surface area contributed by atoms with E-state index in [9.17, 15) is 39.0 Å². The lowest BCUT2D eigenvalue weighted by atomic mass is 9.32. The van der Waals surface area contributed by atoms with E-state index < -0.39 is 146 Å². The quantitative estimate of drug-likeness (QED) is 0.166. The van der Waals surface area contributed by atoms with E-state index in [1.54, 1.807) is 34.6 Å². The van der Waals surface area contributed by atoms with Crippen LogP contribution in [0.4, 0.5) is 0 Å². The Kier molecular flexibility index (Phi) is 8.59. The van der Waals surface area contributed by atoms with Crippen LogP contribution in [0.1, 0.15) is 93.7 Å².